The molecule has 0 amide bonds. The van der Waals surface area contributed by atoms with E-state index in [0.717, 1.165) is 12.1 Å². The van der Waals surface area contributed by atoms with E-state index in [4.69, 9.17) is 23.2 Å². The fraction of sp³-hybridized carbons (Fsp3) is 0.632. The fourth-order valence-electron chi connectivity index (χ4n) is 2.45. The van der Waals surface area contributed by atoms with Crippen LogP contribution >= 0.6 is 23.2 Å². The average molecular weight is 342 g/mol. The summed E-state index contributed by atoms with van der Waals surface area (Å²) in [4.78, 5) is 4.45. The SMILES string of the molecule is CCCCCCCCCCCCN=Cc1ccc(Cl)c(Cl)c1. The molecule has 1 nitrogen and oxygen atoms in total. The molecule has 1 aromatic rings. The molecule has 0 bridgehead atoms. The summed E-state index contributed by atoms with van der Waals surface area (Å²) in [5.41, 5.74) is 1.02. The van der Waals surface area contributed by atoms with Crippen LogP contribution in [0.4, 0.5) is 0 Å². The van der Waals surface area contributed by atoms with Crippen molar-refractivity contribution in [2.45, 2.75) is 71.1 Å². The van der Waals surface area contributed by atoms with E-state index in [1.54, 1.807) is 0 Å². The molecule has 0 spiro atoms. The first-order valence-electron chi connectivity index (χ1n) is 8.69. The van der Waals surface area contributed by atoms with Gasteiger partial charge in [0.25, 0.3) is 0 Å². The predicted molar refractivity (Wildman–Crippen MR) is 101 cm³/mol. The lowest BCUT2D eigenvalue weighted by molar-refractivity contribution is 0.558. The number of hydrogen-bond donors (Lipinski definition) is 0. The van der Waals surface area contributed by atoms with Crippen LogP contribution in [-0.4, -0.2) is 12.8 Å². The van der Waals surface area contributed by atoms with Gasteiger partial charge in [-0.25, -0.2) is 0 Å². The summed E-state index contributed by atoms with van der Waals surface area (Å²) in [7, 11) is 0. The third-order valence-corrected chi connectivity index (χ3v) is 4.56. The molecule has 0 atom stereocenters. The molecule has 1 rings (SSSR count). The van der Waals surface area contributed by atoms with Gasteiger partial charge in [-0.3, -0.25) is 4.99 Å². The summed E-state index contributed by atoms with van der Waals surface area (Å²) < 4.78 is 0. The molecule has 0 heterocycles. The van der Waals surface area contributed by atoms with Crippen molar-refractivity contribution >= 4 is 29.4 Å². The van der Waals surface area contributed by atoms with E-state index in [9.17, 15) is 0 Å². The van der Waals surface area contributed by atoms with E-state index in [1.807, 2.05) is 24.4 Å². The zero-order valence-electron chi connectivity index (χ0n) is 13.8. The highest BCUT2D eigenvalue weighted by atomic mass is 35.5. The number of aliphatic imine (C=N–C) groups is 1. The largest absolute Gasteiger partial charge is 0.293 e. The fourth-order valence-corrected chi connectivity index (χ4v) is 2.76. The van der Waals surface area contributed by atoms with Gasteiger partial charge in [-0.1, -0.05) is 94.0 Å². The molecule has 0 N–H and O–H groups in total. The second-order valence-electron chi connectivity index (χ2n) is 5.89. The Hall–Kier alpha value is -0.530. The Bertz CT molecular complexity index is 429. The number of halogens is 2. The lowest BCUT2D eigenvalue weighted by atomic mass is 10.1. The molecule has 0 aliphatic rings. The molecule has 0 saturated heterocycles. The van der Waals surface area contributed by atoms with Gasteiger partial charge >= 0.3 is 0 Å². The molecule has 1 aromatic carbocycles. The van der Waals surface area contributed by atoms with Crippen molar-refractivity contribution < 1.29 is 0 Å². The van der Waals surface area contributed by atoms with Gasteiger partial charge in [0.05, 0.1) is 10.0 Å². The molecule has 124 valence electrons. The molecule has 0 radical (unpaired) electrons. The van der Waals surface area contributed by atoms with Crippen molar-refractivity contribution in [2.24, 2.45) is 4.99 Å². The standard InChI is InChI=1S/C19H29Cl2N/c1-2-3-4-5-6-7-8-9-10-11-14-22-16-17-12-13-18(20)19(21)15-17/h12-13,15-16H,2-11,14H2,1H3. The van der Waals surface area contributed by atoms with Gasteiger partial charge < -0.3 is 0 Å². The number of benzene rings is 1. The first kappa shape index (κ1) is 19.5. The van der Waals surface area contributed by atoms with Crippen LogP contribution in [0.25, 0.3) is 0 Å². The van der Waals surface area contributed by atoms with Crippen molar-refractivity contribution in [1.29, 1.82) is 0 Å². The van der Waals surface area contributed by atoms with Crippen LogP contribution in [-0.2, 0) is 0 Å². The molecule has 0 aliphatic carbocycles. The molecule has 0 aliphatic heterocycles. The smallest absolute Gasteiger partial charge is 0.0598 e. The average Bonchev–Trinajstić information content (AvgIpc) is 2.52. The van der Waals surface area contributed by atoms with Crippen molar-refractivity contribution in [2.75, 3.05) is 6.54 Å². The number of hydrogen-bond acceptors (Lipinski definition) is 1. The molecular weight excluding hydrogens is 313 g/mol. The number of unbranched alkanes of at least 4 members (excludes halogenated alkanes) is 9. The number of nitrogens with zero attached hydrogens (tertiary/aromatic N) is 1. The van der Waals surface area contributed by atoms with Gasteiger partial charge in [0.1, 0.15) is 0 Å². The van der Waals surface area contributed by atoms with E-state index >= 15 is 0 Å². The van der Waals surface area contributed by atoms with Crippen LogP contribution in [0.5, 0.6) is 0 Å². The highest BCUT2D eigenvalue weighted by Crippen LogP contribution is 2.21. The van der Waals surface area contributed by atoms with Crippen LogP contribution in [0.2, 0.25) is 10.0 Å². The zero-order chi connectivity index (χ0) is 16.0. The van der Waals surface area contributed by atoms with Crippen LogP contribution in [0, 0.1) is 0 Å². The monoisotopic (exact) mass is 341 g/mol. The quantitative estimate of drug-likeness (QED) is 0.278. The Kier molecular flexibility index (Phi) is 11.5. The normalized spacial score (nSPS) is 11.4. The van der Waals surface area contributed by atoms with Crippen molar-refractivity contribution in [3.05, 3.63) is 33.8 Å². The highest BCUT2D eigenvalue weighted by molar-refractivity contribution is 6.42. The molecule has 0 aromatic heterocycles. The summed E-state index contributed by atoms with van der Waals surface area (Å²) in [5, 5.41) is 1.18. The Morgan fingerprint density at radius 3 is 2.00 bits per heavy atom. The van der Waals surface area contributed by atoms with Crippen molar-refractivity contribution in [3.63, 3.8) is 0 Å². The van der Waals surface area contributed by atoms with Gasteiger partial charge in [0, 0.05) is 12.8 Å². The Morgan fingerprint density at radius 1 is 0.818 bits per heavy atom. The first-order valence-corrected chi connectivity index (χ1v) is 9.44. The first-order chi connectivity index (χ1) is 10.7. The summed E-state index contributed by atoms with van der Waals surface area (Å²) in [6, 6.07) is 5.61. The van der Waals surface area contributed by atoms with Crippen LogP contribution < -0.4 is 0 Å². The van der Waals surface area contributed by atoms with E-state index in [0.29, 0.717) is 10.0 Å². The van der Waals surface area contributed by atoms with Gasteiger partial charge in [-0.2, -0.15) is 0 Å². The van der Waals surface area contributed by atoms with Crippen LogP contribution in [0.15, 0.2) is 23.2 Å². The molecular formula is C19H29Cl2N. The van der Waals surface area contributed by atoms with Crippen LogP contribution in [0.3, 0.4) is 0 Å². The number of rotatable bonds is 12. The molecule has 0 saturated carbocycles. The Balaban J connectivity index is 1.96. The lowest BCUT2D eigenvalue weighted by Gasteiger charge is -2.01. The van der Waals surface area contributed by atoms with E-state index < -0.39 is 0 Å². The maximum absolute atomic E-state index is 5.97. The topological polar surface area (TPSA) is 12.4 Å². The third kappa shape index (κ3) is 9.48. The minimum absolute atomic E-state index is 0.588. The zero-order valence-corrected chi connectivity index (χ0v) is 15.3. The second kappa shape index (κ2) is 13.0. The maximum Gasteiger partial charge on any atom is 0.0598 e. The minimum atomic E-state index is 0.588. The van der Waals surface area contributed by atoms with Crippen LogP contribution in [0.1, 0.15) is 76.7 Å². The molecule has 22 heavy (non-hydrogen) atoms. The third-order valence-electron chi connectivity index (χ3n) is 3.82. The Labute approximate surface area is 146 Å². The predicted octanol–water partition coefficient (Wildman–Crippen LogP) is 7.33. The summed E-state index contributed by atoms with van der Waals surface area (Å²) in [6.07, 6.45) is 15.4. The van der Waals surface area contributed by atoms with Gasteiger partial charge in [0.2, 0.25) is 0 Å². The summed E-state index contributed by atoms with van der Waals surface area (Å²) in [6.45, 7) is 3.17. The lowest BCUT2D eigenvalue weighted by Crippen LogP contribution is -1.87. The van der Waals surface area contributed by atoms with Crippen molar-refractivity contribution in [3.8, 4) is 0 Å². The molecule has 0 unspecified atom stereocenters. The van der Waals surface area contributed by atoms with Crippen molar-refractivity contribution in [1.82, 2.24) is 0 Å². The summed E-state index contributed by atoms with van der Waals surface area (Å²) >= 11 is 11.9. The summed E-state index contributed by atoms with van der Waals surface area (Å²) in [5.74, 6) is 0. The highest BCUT2D eigenvalue weighted by Gasteiger charge is 1.97. The van der Waals surface area contributed by atoms with E-state index in [1.165, 1.54) is 64.2 Å². The van der Waals surface area contributed by atoms with E-state index in [2.05, 4.69) is 11.9 Å². The van der Waals surface area contributed by atoms with Gasteiger partial charge in [0.15, 0.2) is 0 Å². The molecule has 3 heteroatoms. The van der Waals surface area contributed by atoms with Gasteiger partial charge in [-0.15, -0.1) is 0 Å². The van der Waals surface area contributed by atoms with Gasteiger partial charge in [-0.05, 0) is 24.1 Å². The second-order valence-corrected chi connectivity index (χ2v) is 6.71. The maximum atomic E-state index is 5.97. The van der Waals surface area contributed by atoms with E-state index in [-0.39, 0.29) is 0 Å². The minimum Gasteiger partial charge on any atom is -0.293 e. The molecule has 0 fully saturated rings. The Morgan fingerprint density at radius 2 is 1.41 bits per heavy atom.